The van der Waals surface area contributed by atoms with E-state index in [0.29, 0.717) is 11.0 Å². The Balaban J connectivity index is 1.58. The zero-order valence-electron chi connectivity index (χ0n) is 21.0. The highest BCUT2D eigenvalue weighted by atomic mass is 16.1. The molecule has 3 nitrogen and oxygen atoms in total. The van der Waals surface area contributed by atoms with Crippen molar-refractivity contribution < 1.29 is 0 Å². The van der Waals surface area contributed by atoms with Crippen molar-refractivity contribution in [3.63, 3.8) is 0 Å². The highest BCUT2D eigenvalue weighted by molar-refractivity contribution is 6.20. The average Bonchev–Trinajstić information content (AvgIpc) is 3.41. The van der Waals surface area contributed by atoms with E-state index in [-0.39, 0.29) is 5.56 Å². The van der Waals surface area contributed by atoms with E-state index in [4.69, 9.17) is 4.98 Å². The zero-order chi connectivity index (χ0) is 25.9. The van der Waals surface area contributed by atoms with Crippen molar-refractivity contribution in [1.82, 2.24) is 9.38 Å². The van der Waals surface area contributed by atoms with Crippen LogP contribution in [0.2, 0.25) is 0 Å². The maximum atomic E-state index is 14.5. The third kappa shape index (κ3) is 3.23. The number of benzene rings is 6. The lowest BCUT2D eigenvalue weighted by atomic mass is 9.91. The van der Waals surface area contributed by atoms with Gasteiger partial charge in [0.05, 0.1) is 11.0 Å². The van der Waals surface area contributed by atoms with Gasteiger partial charge in [-0.15, -0.1) is 0 Å². The standard InChI is InChI=1S/C36H22N2O/c39-36-31-22-26(23-11-4-1-5-12-23)21-30-27(24-13-6-2-7-14-24)19-20-29(33(30)31)35-37-32-18-10-17-28(34(32)38(35)36)25-15-8-3-9-16-25/h1-22H. The number of pyridine rings is 1. The first-order chi connectivity index (χ1) is 19.3. The van der Waals surface area contributed by atoms with Crippen LogP contribution < -0.4 is 5.56 Å². The molecule has 0 atom stereocenters. The lowest BCUT2D eigenvalue weighted by Gasteiger charge is -2.14. The number of fused-ring (bicyclic) bond motifs is 4. The van der Waals surface area contributed by atoms with Gasteiger partial charge in [-0.25, -0.2) is 4.98 Å². The normalized spacial score (nSPS) is 11.7. The fraction of sp³-hybridized carbons (Fsp3) is 0. The molecule has 8 aromatic rings. The topological polar surface area (TPSA) is 34.4 Å². The predicted molar refractivity (Wildman–Crippen MR) is 161 cm³/mol. The molecule has 0 saturated heterocycles. The molecular weight excluding hydrogens is 476 g/mol. The zero-order valence-corrected chi connectivity index (χ0v) is 21.0. The molecule has 0 aliphatic carbocycles. The van der Waals surface area contributed by atoms with Gasteiger partial charge < -0.3 is 0 Å². The summed E-state index contributed by atoms with van der Waals surface area (Å²) in [6.07, 6.45) is 0. The van der Waals surface area contributed by atoms with Crippen LogP contribution in [0.5, 0.6) is 0 Å². The molecule has 0 saturated carbocycles. The predicted octanol–water partition coefficient (Wildman–Crippen LogP) is 8.59. The molecule has 182 valence electrons. The van der Waals surface area contributed by atoms with E-state index in [1.807, 2.05) is 59.0 Å². The summed E-state index contributed by atoms with van der Waals surface area (Å²) in [5, 5.41) is 3.71. The Hall–Kier alpha value is -5.28. The van der Waals surface area contributed by atoms with Crippen LogP contribution in [0, 0.1) is 0 Å². The smallest absolute Gasteiger partial charge is 0.264 e. The Morgan fingerprint density at radius 2 is 1.10 bits per heavy atom. The van der Waals surface area contributed by atoms with Gasteiger partial charge in [-0.2, -0.15) is 0 Å². The molecule has 0 N–H and O–H groups in total. The van der Waals surface area contributed by atoms with Crippen molar-refractivity contribution in [3.05, 3.63) is 144 Å². The van der Waals surface area contributed by atoms with E-state index >= 15 is 0 Å². The summed E-state index contributed by atoms with van der Waals surface area (Å²) in [6.45, 7) is 0. The van der Waals surface area contributed by atoms with Crippen LogP contribution in [-0.4, -0.2) is 9.38 Å². The van der Waals surface area contributed by atoms with Crippen LogP contribution in [0.3, 0.4) is 0 Å². The Morgan fingerprint density at radius 3 is 1.79 bits per heavy atom. The molecule has 3 heteroatoms. The van der Waals surface area contributed by atoms with E-state index in [1.54, 1.807) is 0 Å². The van der Waals surface area contributed by atoms with E-state index in [2.05, 4.69) is 78.9 Å². The van der Waals surface area contributed by atoms with Crippen LogP contribution in [0.25, 0.3) is 71.6 Å². The van der Waals surface area contributed by atoms with Crippen LogP contribution >= 0.6 is 0 Å². The van der Waals surface area contributed by atoms with Crippen molar-refractivity contribution in [2.75, 3.05) is 0 Å². The summed E-state index contributed by atoms with van der Waals surface area (Å²) in [5.41, 5.74) is 8.71. The molecule has 0 amide bonds. The Labute approximate surface area is 224 Å². The first kappa shape index (κ1) is 21.8. The van der Waals surface area contributed by atoms with Crippen LogP contribution in [0.15, 0.2) is 138 Å². The van der Waals surface area contributed by atoms with E-state index in [9.17, 15) is 4.79 Å². The third-order valence-corrected chi connectivity index (χ3v) is 7.74. The second kappa shape index (κ2) is 8.37. The summed E-state index contributed by atoms with van der Waals surface area (Å²) >= 11 is 0. The molecule has 0 unspecified atom stereocenters. The quantitative estimate of drug-likeness (QED) is 0.244. The molecule has 39 heavy (non-hydrogen) atoms. The number of para-hydroxylation sites is 1. The van der Waals surface area contributed by atoms with Crippen molar-refractivity contribution in [1.29, 1.82) is 0 Å². The molecule has 0 radical (unpaired) electrons. The van der Waals surface area contributed by atoms with Crippen LogP contribution in [0.1, 0.15) is 0 Å². The van der Waals surface area contributed by atoms with E-state index < -0.39 is 0 Å². The molecule has 0 aliphatic rings. The van der Waals surface area contributed by atoms with Gasteiger partial charge in [0, 0.05) is 21.7 Å². The maximum absolute atomic E-state index is 14.5. The number of hydrogen-bond acceptors (Lipinski definition) is 2. The average molecular weight is 499 g/mol. The fourth-order valence-corrected chi connectivity index (χ4v) is 5.98. The second-order valence-corrected chi connectivity index (χ2v) is 9.95. The number of hydrogen-bond donors (Lipinski definition) is 0. The van der Waals surface area contributed by atoms with Gasteiger partial charge in [0.2, 0.25) is 0 Å². The molecule has 0 aliphatic heterocycles. The summed E-state index contributed by atoms with van der Waals surface area (Å²) in [6, 6.07) is 45.5. The molecule has 0 spiro atoms. The summed E-state index contributed by atoms with van der Waals surface area (Å²) in [4.78, 5) is 19.5. The van der Waals surface area contributed by atoms with Gasteiger partial charge >= 0.3 is 0 Å². The Morgan fingerprint density at radius 1 is 0.487 bits per heavy atom. The van der Waals surface area contributed by atoms with Gasteiger partial charge in [-0.05, 0) is 57.5 Å². The number of rotatable bonds is 3. The molecule has 0 bridgehead atoms. The highest BCUT2D eigenvalue weighted by Crippen LogP contribution is 2.39. The lowest BCUT2D eigenvalue weighted by molar-refractivity contribution is 1.19. The first-order valence-corrected chi connectivity index (χ1v) is 13.1. The van der Waals surface area contributed by atoms with Crippen molar-refractivity contribution in [2.45, 2.75) is 0 Å². The van der Waals surface area contributed by atoms with Crippen molar-refractivity contribution >= 4 is 38.2 Å². The summed E-state index contributed by atoms with van der Waals surface area (Å²) in [7, 11) is 0. The maximum Gasteiger partial charge on any atom is 0.264 e. The van der Waals surface area contributed by atoms with Crippen LogP contribution in [-0.2, 0) is 0 Å². The molecule has 2 aromatic heterocycles. The van der Waals surface area contributed by atoms with Gasteiger partial charge in [-0.1, -0.05) is 109 Å². The monoisotopic (exact) mass is 498 g/mol. The third-order valence-electron chi connectivity index (χ3n) is 7.74. The van der Waals surface area contributed by atoms with Crippen molar-refractivity contribution in [2.24, 2.45) is 0 Å². The number of aromatic nitrogens is 2. The lowest BCUT2D eigenvalue weighted by Crippen LogP contribution is -2.14. The van der Waals surface area contributed by atoms with E-state index in [0.717, 1.165) is 60.6 Å². The number of nitrogens with zero attached hydrogens (tertiary/aromatic N) is 2. The molecular formula is C36H22N2O. The highest BCUT2D eigenvalue weighted by Gasteiger charge is 2.21. The minimum Gasteiger partial charge on any atom is -0.268 e. The summed E-state index contributed by atoms with van der Waals surface area (Å²) < 4.78 is 1.83. The first-order valence-electron chi connectivity index (χ1n) is 13.1. The molecule has 6 aromatic carbocycles. The molecule has 0 fully saturated rings. The Kier molecular flexibility index (Phi) is 4.67. The minimum atomic E-state index is -0.0450. The van der Waals surface area contributed by atoms with Gasteiger partial charge in [0.15, 0.2) is 0 Å². The van der Waals surface area contributed by atoms with Gasteiger partial charge in [-0.3, -0.25) is 9.20 Å². The Bertz CT molecular complexity index is 2220. The summed E-state index contributed by atoms with van der Waals surface area (Å²) in [5.74, 6) is 0. The molecule has 2 heterocycles. The fourth-order valence-electron chi connectivity index (χ4n) is 5.98. The van der Waals surface area contributed by atoms with Crippen molar-refractivity contribution in [3.8, 4) is 33.4 Å². The molecule has 8 rings (SSSR count). The van der Waals surface area contributed by atoms with E-state index in [1.165, 1.54) is 0 Å². The number of imidazole rings is 1. The minimum absolute atomic E-state index is 0.0450. The van der Waals surface area contributed by atoms with Crippen LogP contribution in [0.4, 0.5) is 0 Å². The van der Waals surface area contributed by atoms with Gasteiger partial charge in [0.25, 0.3) is 5.56 Å². The second-order valence-electron chi connectivity index (χ2n) is 9.95. The SMILES string of the molecule is O=c1c2cc(-c3ccccc3)cc3c(-c4ccccc4)ccc(c32)c2nc3cccc(-c4ccccc4)c3n12. The van der Waals surface area contributed by atoms with Gasteiger partial charge in [0.1, 0.15) is 5.65 Å². The largest absolute Gasteiger partial charge is 0.268 e.